The predicted molar refractivity (Wildman–Crippen MR) is 79.5 cm³/mol. The molecule has 1 aromatic carbocycles. The fraction of sp³-hybridized carbons (Fsp3) is 0.438. The number of likely N-dealkylation sites (tertiary alicyclic amines) is 1. The highest BCUT2D eigenvalue weighted by Gasteiger charge is 2.36. The molecule has 1 aliphatic rings. The number of rotatable bonds is 3. The van der Waals surface area contributed by atoms with Crippen LogP contribution in [0.15, 0.2) is 30.3 Å². The summed E-state index contributed by atoms with van der Waals surface area (Å²) in [5.74, 6) is 2.67. The molecular weight excluding hydrogens is 252 g/mol. The summed E-state index contributed by atoms with van der Waals surface area (Å²) < 4.78 is 5.51. The summed E-state index contributed by atoms with van der Waals surface area (Å²) in [5.41, 5.74) is -0.0690. The van der Waals surface area contributed by atoms with Gasteiger partial charge in [-0.3, -0.25) is 5.32 Å². The van der Waals surface area contributed by atoms with Gasteiger partial charge < -0.3 is 9.64 Å². The van der Waals surface area contributed by atoms with E-state index in [0.717, 1.165) is 19.6 Å². The van der Waals surface area contributed by atoms with Crippen LogP contribution in [0.4, 0.5) is 10.5 Å². The van der Waals surface area contributed by atoms with Gasteiger partial charge in [-0.25, -0.2) is 4.79 Å². The zero-order valence-electron chi connectivity index (χ0n) is 11.8. The molecule has 1 saturated heterocycles. The van der Waals surface area contributed by atoms with Crippen molar-refractivity contribution in [3.8, 4) is 12.3 Å². The molecule has 1 aliphatic heterocycles. The first-order valence-corrected chi connectivity index (χ1v) is 6.92. The van der Waals surface area contributed by atoms with E-state index in [2.05, 4.69) is 23.1 Å². The molecule has 0 aromatic heterocycles. The van der Waals surface area contributed by atoms with Crippen LogP contribution in [0.2, 0.25) is 0 Å². The van der Waals surface area contributed by atoms with Crippen molar-refractivity contribution in [3.05, 3.63) is 30.3 Å². The monoisotopic (exact) mass is 272 g/mol. The quantitative estimate of drug-likeness (QED) is 0.860. The molecule has 4 nitrogen and oxygen atoms in total. The van der Waals surface area contributed by atoms with Crippen LogP contribution < -0.4 is 5.32 Å². The number of para-hydroxylation sites is 1. The topological polar surface area (TPSA) is 41.6 Å². The number of piperidine rings is 1. The van der Waals surface area contributed by atoms with Gasteiger partial charge in [0, 0.05) is 31.6 Å². The van der Waals surface area contributed by atoms with E-state index in [1.807, 2.05) is 30.3 Å². The van der Waals surface area contributed by atoms with Crippen molar-refractivity contribution in [3.63, 3.8) is 0 Å². The Morgan fingerprint density at radius 3 is 2.60 bits per heavy atom. The van der Waals surface area contributed by atoms with Gasteiger partial charge in [0.2, 0.25) is 0 Å². The van der Waals surface area contributed by atoms with E-state index in [-0.39, 0.29) is 0 Å². The number of anilines is 1. The van der Waals surface area contributed by atoms with E-state index in [1.165, 1.54) is 0 Å². The third-order valence-corrected chi connectivity index (χ3v) is 3.68. The maximum atomic E-state index is 12.0. The van der Waals surface area contributed by atoms with Crippen molar-refractivity contribution in [2.45, 2.75) is 25.4 Å². The van der Waals surface area contributed by atoms with Crippen LogP contribution in [-0.2, 0) is 4.74 Å². The van der Waals surface area contributed by atoms with Gasteiger partial charge in [0.1, 0.15) is 0 Å². The van der Waals surface area contributed by atoms with Crippen molar-refractivity contribution in [1.82, 2.24) is 4.90 Å². The highest BCUT2D eigenvalue weighted by atomic mass is 16.6. The van der Waals surface area contributed by atoms with Crippen LogP contribution in [0.5, 0.6) is 0 Å². The molecule has 2 rings (SSSR count). The van der Waals surface area contributed by atoms with Crippen LogP contribution in [0, 0.1) is 12.3 Å². The summed E-state index contributed by atoms with van der Waals surface area (Å²) in [7, 11) is 0. The first kappa shape index (κ1) is 14.4. The second kappa shape index (κ2) is 6.44. The van der Waals surface area contributed by atoms with Crippen LogP contribution in [0.3, 0.4) is 0 Å². The van der Waals surface area contributed by atoms with Gasteiger partial charge >= 0.3 is 6.09 Å². The number of nitrogens with one attached hydrogen (secondary N) is 1. The molecule has 0 spiro atoms. The zero-order valence-corrected chi connectivity index (χ0v) is 11.8. The molecule has 0 atom stereocenters. The Kier molecular flexibility index (Phi) is 4.65. The Bertz CT molecular complexity index is 485. The molecule has 106 valence electrons. The van der Waals surface area contributed by atoms with E-state index in [1.54, 1.807) is 0 Å². The number of hydrogen-bond donors (Lipinski definition) is 1. The lowest BCUT2D eigenvalue weighted by Crippen LogP contribution is -2.46. The Hall–Kier alpha value is -1.99. The number of ether oxygens (including phenoxy) is 1. The first-order valence-electron chi connectivity index (χ1n) is 6.92. The second-order valence-corrected chi connectivity index (χ2v) is 4.95. The number of terminal acetylenes is 1. The van der Waals surface area contributed by atoms with E-state index in [9.17, 15) is 4.79 Å². The maximum absolute atomic E-state index is 12.0. The fourth-order valence-corrected chi connectivity index (χ4v) is 2.35. The third-order valence-electron chi connectivity index (χ3n) is 3.68. The summed E-state index contributed by atoms with van der Waals surface area (Å²) in [6.45, 7) is 4.83. The maximum Gasteiger partial charge on any atom is 0.413 e. The number of carbonyl (C=O) groups is 1. The number of nitrogens with zero attached hydrogens (tertiary/aromatic N) is 1. The third kappa shape index (κ3) is 3.52. The molecule has 0 unspecified atom stereocenters. The number of carbonyl (C=O) groups excluding carboxylic acids is 1. The minimum absolute atomic E-state index is 0.487. The molecule has 4 heteroatoms. The number of benzene rings is 1. The largest absolute Gasteiger partial charge is 0.429 e. The van der Waals surface area contributed by atoms with Crippen LogP contribution >= 0.6 is 0 Å². The summed E-state index contributed by atoms with van der Waals surface area (Å²) >= 11 is 0. The second-order valence-electron chi connectivity index (χ2n) is 4.95. The Labute approximate surface area is 120 Å². The molecule has 0 saturated carbocycles. The Balaban J connectivity index is 1.94. The summed E-state index contributed by atoms with van der Waals surface area (Å²) in [6.07, 6.45) is 6.47. The predicted octanol–water partition coefficient (Wildman–Crippen LogP) is 2.72. The van der Waals surface area contributed by atoms with Gasteiger partial charge in [0.05, 0.1) is 0 Å². The summed E-state index contributed by atoms with van der Waals surface area (Å²) in [6, 6.07) is 9.21. The summed E-state index contributed by atoms with van der Waals surface area (Å²) in [4.78, 5) is 14.3. The minimum atomic E-state index is -0.773. The highest BCUT2D eigenvalue weighted by molar-refractivity contribution is 5.85. The molecule has 1 amide bonds. The first-order chi connectivity index (χ1) is 9.67. The van der Waals surface area contributed by atoms with Crippen LogP contribution in [0.25, 0.3) is 0 Å². The van der Waals surface area contributed by atoms with Crippen molar-refractivity contribution >= 4 is 11.8 Å². The van der Waals surface area contributed by atoms with Gasteiger partial charge in [-0.15, -0.1) is 6.42 Å². The molecule has 0 radical (unpaired) electrons. The lowest BCUT2D eigenvalue weighted by Gasteiger charge is -2.37. The minimum Gasteiger partial charge on any atom is -0.429 e. The number of hydrogen-bond acceptors (Lipinski definition) is 3. The molecule has 1 fully saturated rings. The van der Waals surface area contributed by atoms with Crippen molar-refractivity contribution in [2.75, 3.05) is 25.0 Å². The lowest BCUT2D eigenvalue weighted by molar-refractivity contribution is 0.0134. The van der Waals surface area contributed by atoms with Gasteiger partial charge in [-0.2, -0.15) is 0 Å². The van der Waals surface area contributed by atoms with Crippen LogP contribution in [0.1, 0.15) is 19.8 Å². The van der Waals surface area contributed by atoms with Crippen molar-refractivity contribution < 1.29 is 9.53 Å². The normalized spacial score (nSPS) is 18.0. The van der Waals surface area contributed by atoms with Crippen molar-refractivity contribution in [1.29, 1.82) is 0 Å². The Morgan fingerprint density at radius 2 is 2.05 bits per heavy atom. The van der Waals surface area contributed by atoms with Gasteiger partial charge in [-0.1, -0.05) is 31.0 Å². The molecule has 20 heavy (non-hydrogen) atoms. The molecule has 1 aromatic rings. The SMILES string of the molecule is C#CC1(OC(=O)Nc2ccccc2)CCN(CC)CC1. The molecule has 1 heterocycles. The van der Waals surface area contributed by atoms with E-state index in [0.29, 0.717) is 18.5 Å². The average Bonchev–Trinajstić information content (AvgIpc) is 2.49. The van der Waals surface area contributed by atoms with Crippen molar-refractivity contribution in [2.24, 2.45) is 0 Å². The number of amides is 1. The standard InChI is InChI=1S/C16H20N2O2/c1-3-16(10-12-18(4-2)13-11-16)20-15(19)17-14-8-6-5-7-9-14/h1,5-9H,4,10-13H2,2H3,(H,17,19). The van der Waals surface area contributed by atoms with E-state index >= 15 is 0 Å². The van der Waals surface area contributed by atoms with Gasteiger partial charge in [-0.05, 0) is 18.7 Å². The average molecular weight is 272 g/mol. The molecular formula is C16H20N2O2. The lowest BCUT2D eigenvalue weighted by atomic mass is 9.92. The van der Waals surface area contributed by atoms with Gasteiger partial charge in [0.25, 0.3) is 0 Å². The fourth-order valence-electron chi connectivity index (χ4n) is 2.35. The molecule has 1 N–H and O–H groups in total. The zero-order chi connectivity index (χ0) is 14.4. The highest BCUT2D eigenvalue weighted by Crippen LogP contribution is 2.26. The van der Waals surface area contributed by atoms with Crippen LogP contribution in [-0.4, -0.2) is 36.2 Å². The Morgan fingerprint density at radius 1 is 1.40 bits per heavy atom. The van der Waals surface area contributed by atoms with E-state index < -0.39 is 11.7 Å². The molecule has 0 aliphatic carbocycles. The summed E-state index contributed by atoms with van der Waals surface area (Å²) in [5, 5.41) is 2.70. The van der Waals surface area contributed by atoms with Gasteiger partial charge in [0.15, 0.2) is 5.60 Å². The smallest absolute Gasteiger partial charge is 0.413 e. The molecule has 0 bridgehead atoms. The van der Waals surface area contributed by atoms with E-state index in [4.69, 9.17) is 11.2 Å².